The van der Waals surface area contributed by atoms with Crippen molar-refractivity contribution >= 4 is 28.0 Å². The quantitative estimate of drug-likeness (QED) is 0.0868. The van der Waals surface area contributed by atoms with Gasteiger partial charge in [0.15, 0.2) is 5.25 Å². The van der Waals surface area contributed by atoms with Crippen LogP contribution in [0.2, 0.25) is 0 Å². The van der Waals surface area contributed by atoms with Crippen molar-refractivity contribution in [3.05, 3.63) is 41.8 Å². The number of alkyl halides is 4. The lowest BCUT2D eigenvalue weighted by atomic mass is 10.0. The first-order valence-electron chi connectivity index (χ1n) is 15.4. The zero-order valence-electron chi connectivity index (χ0n) is 26.0. The largest absolute Gasteiger partial charge is 0.598 e. The highest BCUT2D eigenvalue weighted by atomic mass is 32.2. The normalized spacial score (nSPS) is 24.3. The molecule has 1 aliphatic heterocycles. The van der Waals surface area contributed by atoms with Gasteiger partial charge in [-0.05, 0) is 37.0 Å². The van der Waals surface area contributed by atoms with Gasteiger partial charge in [0.25, 0.3) is 0 Å². The van der Waals surface area contributed by atoms with Crippen LogP contribution in [0.1, 0.15) is 25.0 Å². The maximum atomic E-state index is 15.1. The second kappa shape index (κ2) is 17.2. The van der Waals surface area contributed by atoms with Crippen LogP contribution in [0.25, 0.3) is 10.9 Å². The van der Waals surface area contributed by atoms with Crippen molar-refractivity contribution in [1.29, 1.82) is 0 Å². The van der Waals surface area contributed by atoms with Crippen molar-refractivity contribution in [2.75, 3.05) is 58.4 Å². The molecule has 0 radical (unpaired) electrons. The smallest absolute Gasteiger partial charge is 0.406 e. The van der Waals surface area contributed by atoms with E-state index in [0.29, 0.717) is 48.2 Å². The minimum absolute atomic E-state index is 0.0245. The third-order valence-corrected chi connectivity index (χ3v) is 9.57. The van der Waals surface area contributed by atoms with Gasteiger partial charge < -0.3 is 39.6 Å². The average molecular weight is 690 g/mol. The molecule has 0 saturated carbocycles. The summed E-state index contributed by atoms with van der Waals surface area (Å²) >= 11 is -1.50. The second-order valence-corrected chi connectivity index (χ2v) is 13.2. The summed E-state index contributed by atoms with van der Waals surface area (Å²) in [4.78, 5) is 1.73. The van der Waals surface area contributed by atoms with E-state index in [0.717, 1.165) is 4.57 Å². The number of aromatic nitrogens is 1. The molecule has 1 aliphatic carbocycles. The van der Waals surface area contributed by atoms with Gasteiger partial charge >= 0.3 is 6.18 Å². The lowest BCUT2D eigenvalue weighted by Gasteiger charge is -2.36. The van der Waals surface area contributed by atoms with E-state index in [9.17, 15) is 27.9 Å². The third-order valence-electron chi connectivity index (χ3n) is 8.20. The highest BCUT2D eigenvalue weighted by molar-refractivity contribution is 7.90. The van der Waals surface area contributed by atoms with Crippen LogP contribution in [0.5, 0.6) is 0 Å². The van der Waals surface area contributed by atoms with Gasteiger partial charge in [0.05, 0.1) is 68.9 Å². The Bertz CT molecular complexity index is 1400. The number of hydrogen-bond acceptors (Lipinski definition) is 10. The number of fused-ring (bicyclic) bond motifs is 1. The number of aliphatic hydroxyl groups is 4. The SMILES string of the molecule is COC1=CC([S+]([O-])NCC(O)CO)CCC1NCC#Cc1cc2c(NC3CCN(CC(O)CO)CC3F)cccc2n1CC(F)(F)F. The zero-order chi connectivity index (χ0) is 34.1. The number of ether oxygens (including phenoxy) is 1. The Morgan fingerprint density at radius 3 is 2.60 bits per heavy atom. The van der Waals surface area contributed by atoms with E-state index < -0.39 is 61.7 Å². The van der Waals surface area contributed by atoms with E-state index >= 15 is 4.39 Å². The molecule has 0 bridgehead atoms. The van der Waals surface area contributed by atoms with E-state index in [1.165, 1.54) is 7.11 Å². The van der Waals surface area contributed by atoms with E-state index in [1.807, 2.05) is 0 Å². The van der Waals surface area contributed by atoms with Gasteiger partial charge in [-0.3, -0.25) is 10.2 Å². The van der Waals surface area contributed by atoms with Crippen molar-refractivity contribution in [1.82, 2.24) is 19.5 Å². The van der Waals surface area contributed by atoms with E-state index in [1.54, 1.807) is 35.2 Å². The number of likely N-dealkylation sites (tertiary alicyclic amines) is 1. The van der Waals surface area contributed by atoms with E-state index in [2.05, 4.69) is 27.2 Å². The van der Waals surface area contributed by atoms with Crippen molar-refractivity contribution in [3.63, 3.8) is 0 Å². The topological polar surface area (TPSA) is 157 Å². The summed E-state index contributed by atoms with van der Waals surface area (Å²) in [6.45, 7) is -1.33. The number of nitrogens with one attached hydrogen (secondary N) is 3. The number of rotatable bonds is 14. The number of halogens is 4. The Morgan fingerprint density at radius 1 is 1.15 bits per heavy atom. The Hall–Kier alpha value is -2.59. The molecule has 16 heteroatoms. The molecule has 2 aliphatic rings. The molecule has 1 aromatic heterocycles. The predicted octanol–water partition coefficient (Wildman–Crippen LogP) is 0.990. The van der Waals surface area contributed by atoms with E-state index in [4.69, 9.17) is 14.9 Å². The van der Waals surface area contributed by atoms with Gasteiger partial charge in [0, 0.05) is 54.6 Å². The first kappa shape index (κ1) is 37.2. The minimum Gasteiger partial charge on any atom is -0.598 e. The van der Waals surface area contributed by atoms with Gasteiger partial charge in [-0.1, -0.05) is 12.0 Å². The molecular formula is C31H43F4N5O6S. The molecule has 262 valence electrons. The van der Waals surface area contributed by atoms with Gasteiger partial charge in [0.2, 0.25) is 0 Å². The molecule has 1 saturated heterocycles. The molecular weight excluding hydrogens is 646 g/mol. The maximum Gasteiger partial charge on any atom is 0.406 e. The molecule has 47 heavy (non-hydrogen) atoms. The van der Waals surface area contributed by atoms with Gasteiger partial charge in [-0.2, -0.15) is 13.2 Å². The monoisotopic (exact) mass is 689 g/mol. The number of anilines is 1. The summed E-state index contributed by atoms with van der Waals surface area (Å²) in [6.07, 6.45) is -4.58. The number of piperidine rings is 1. The number of nitrogens with zero attached hydrogens (tertiary/aromatic N) is 2. The molecule has 7 N–H and O–H groups in total. The van der Waals surface area contributed by atoms with Crippen molar-refractivity contribution in [2.45, 2.75) is 67.7 Å². The minimum atomic E-state index is -4.51. The van der Waals surface area contributed by atoms with E-state index in [-0.39, 0.29) is 43.2 Å². The predicted molar refractivity (Wildman–Crippen MR) is 170 cm³/mol. The first-order chi connectivity index (χ1) is 22.4. The number of benzene rings is 1. The lowest BCUT2D eigenvalue weighted by molar-refractivity contribution is -0.140. The summed E-state index contributed by atoms with van der Waals surface area (Å²) in [5, 5.41) is 43.7. The molecule has 2 heterocycles. The number of hydrogen-bond donors (Lipinski definition) is 7. The summed E-state index contributed by atoms with van der Waals surface area (Å²) in [5.41, 5.74) is 0.945. The van der Waals surface area contributed by atoms with Crippen LogP contribution in [0.15, 0.2) is 36.1 Å². The highest BCUT2D eigenvalue weighted by Gasteiger charge is 2.33. The second-order valence-electron chi connectivity index (χ2n) is 11.7. The molecule has 0 spiro atoms. The molecule has 7 atom stereocenters. The van der Waals surface area contributed by atoms with Crippen LogP contribution >= 0.6 is 0 Å². The highest BCUT2D eigenvalue weighted by Crippen LogP contribution is 2.32. The lowest BCUT2D eigenvalue weighted by Crippen LogP contribution is -2.50. The van der Waals surface area contributed by atoms with Crippen LogP contribution in [0.4, 0.5) is 23.2 Å². The maximum absolute atomic E-state index is 15.1. The molecule has 11 nitrogen and oxygen atoms in total. The Labute approximate surface area is 274 Å². The van der Waals surface area contributed by atoms with Gasteiger partial charge in [-0.25, -0.2) is 4.39 Å². The summed E-state index contributed by atoms with van der Waals surface area (Å²) in [6, 6.07) is 5.60. The molecule has 1 aromatic carbocycles. The Morgan fingerprint density at radius 2 is 1.91 bits per heavy atom. The van der Waals surface area contributed by atoms with Crippen molar-refractivity contribution in [2.24, 2.45) is 0 Å². The van der Waals surface area contributed by atoms with Gasteiger partial charge in [0.1, 0.15) is 18.5 Å². The van der Waals surface area contributed by atoms with Gasteiger partial charge in [-0.15, -0.1) is 4.72 Å². The Kier molecular flexibility index (Phi) is 13.6. The Balaban J connectivity index is 1.46. The van der Waals surface area contributed by atoms with Crippen molar-refractivity contribution < 1.29 is 47.3 Å². The number of aliphatic hydroxyl groups excluding tert-OH is 4. The summed E-state index contributed by atoms with van der Waals surface area (Å²) < 4.78 is 77.9. The molecule has 0 amide bonds. The average Bonchev–Trinajstić information content (AvgIpc) is 3.39. The third kappa shape index (κ3) is 10.4. The molecule has 4 rings (SSSR count). The van der Waals surface area contributed by atoms with Crippen LogP contribution in [-0.4, -0.2) is 129 Å². The molecule has 2 aromatic rings. The van der Waals surface area contributed by atoms with Crippen LogP contribution in [-0.2, 0) is 22.6 Å². The van der Waals surface area contributed by atoms with Crippen LogP contribution < -0.4 is 15.4 Å². The fourth-order valence-corrected chi connectivity index (χ4v) is 6.99. The standard InChI is InChI=1S/C31H43F4N5O6S/c1-46-30-13-23(47(45)37-14-21(43)17-41)7-8-28(30)36-10-3-4-20-12-24-26(5-2-6-29(24)40(20)19-31(33,34)35)38-27-9-11-39(16-25(27)32)15-22(44)18-42/h2,5-6,12-13,21-23,25,27-28,36-38,41-44H,7-11,14-19H2,1H3. The summed E-state index contributed by atoms with van der Waals surface area (Å²) in [5.74, 6) is 6.31. The molecule has 7 unspecified atom stereocenters. The van der Waals surface area contributed by atoms with Crippen molar-refractivity contribution in [3.8, 4) is 11.8 Å². The van der Waals surface area contributed by atoms with Crippen LogP contribution in [0.3, 0.4) is 0 Å². The fraction of sp³-hybridized carbons (Fsp3) is 0.613. The van der Waals surface area contributed by atoms with Crippen LogP contribution in [0, 0.1) is 11.8 Å². The zero-order valence-corrected chi connectivity index (χ0v) is 26.9. The fourth-order valence-electron chi connectivity index (χ4n) is 5.81. The number of β-amino-alcohol motifs (C(OH)–C–C–N with tert-alkyl or cyclic N) is 1. The molecule has 1 fully saturated rings. The first-order valence-corrected chi connectivity index (χ1v) is 16.7. The summed E-state index contributed by atoms with van der Waals surface area (Å²) in [7, 11) is 1.48. The number of methoxy groups -OCH3 is 1.